The van der Waals surface area contributed by atoms with Crippen LogP contribution in [0.3, 0.4) is 0 Å². The normalized spacial score (nSPS) is 19.4. The van der Waals surface area contributed by atoms with E-state index < -0.39 is 0 Å². The van der Waals surface area contributed by atoms with Crippen molar-refractivity contribution in [1.29, 1.82) is 0 Å². The highest BCUT2D eigenvalue weighted by atomic mass is 16.3. The fourth-order valence-electron chi connectivity index (χ4n) is 3.09. The summed E-state index contributed by atoms with van der Waals surface area (Å²) in [4.78, 5) is 7.03. The van der Waals surface area contributed by atoms with Crippen LogP contribution in [0.4, 0.5) is 0 Å². The fourth-order valence-corrected chi connectivity index (χ4v) is 3.09. The van der Waals surface area contributed by atoms with Crippen LogP contribution in [0.2, 0.25) is 0 Å². The lowest BCUT2D eigenvalue weighted by Gasteiger charge is -2.34. The molecular weight excluding hydrogens is 248 g/mol. The molecule has 1 aromatic rings. The minimum Gasteiger partial charge on any atom is -0.393 e. The number of pyridine rings is 1. The Balaban J connectivity index is 1.79. The summed E-state index contributed by atoms with van der Waals surface area (Å²) in [7, 11) is 0. The van der Waals surface area contributed by atoms with Gasteiger partial charge in [0.25, 0.3) is 0 Å². The standard InChI is InChI=1S/C17H28N2O/c1-13(2)11-17(20)15-7-9-19(10-8-15)12-16-6-4-5-14(3)18-16/h4-6,13,15,17,20H,7-12H2,1-3H3/t17-/m1/s1. The van der Waals surface area contributed by atoms with E-state index >= 15 is 0 Å². The first kappa shape index (κ1) is 15.5. The van der Waals surface area contributed by atoms with Crippen LogP contribution >= 0.6 is 0 Å². The molecule has 0 unspecified atom stereocenters. The van der Waals surface area contributed by atoms with Crippen LogP contribution in [0.1, 0.15) is 44.5 Å². The maximum absolute atomic E-state index is 10.2. The van der Waals surface area contributed by atoms with Crippen LogP contribution < -0.4 is 0 Å². The van der Waals surface area contributed by atoms with Gasteiger partial charge in [0.05, 0.1) is 11.8 Å². The number of aromatic nitrogens is 1. The summed E-state index contributed by atoms with van der Waals surface area (Å²) in [5.74, 6) is 1.07. The lowest BCUT2D eigenvalue weighted by Crippen LogP contribution is -2.37. The lowest BCUT2D eigenvalue weighted by molar-refractivity contribution is 0.0434. The topological polar surface area (TPSA) is 36.4 Å². The van der Waals surface area contributed by atoms with Crippen LogP contribution in [-0.2, 0) is 6.54 Å². The molecule has 2 rings (SSSR count). The number of aryl methyl sites for hydroxylation is 1. The Labute approximate surface area is 123 Å². The van der Waals surface area contributed by atoms with E-state index in [2.05, 4.69) is 35.9 Å². The first-order valence-corrected chi connectivity index (χ1v) is 7.87. The van der Waals surface area contributed by atoms with Gasteiger partial charge < -0.3 is 5.11 Å². The number of aliphatic hydroxyl groups excluding tert-OH is 1. The molecule has 1 saturated heterocycles. The van der Waals surface area contributed by atoms with Gasteiger partial charge in [0, 0.05) is 12.2 Å². The van der Waals surface area contributed by atoms with Crippen molar-refractivity contribution in [3.05, 3.63) is 29.6 Å². The third-order valence-electron chi connectivity index (χ3n) is 4.22. The van der Waals surface area contributed by atoms with Gasteiger partial charge in [-0.3, -0.25) is 9.88 Å². The second-order valence-electron chi connectivity index (χ2n) is 6.58. The number of likely N-dealkylation sites (tertiary alicyclic amines) is 1. The van der Waals surface area contributed by atoms with E-state index in [1.54, 1.807) is 0 Å². The summed E-state index contributed by atoms with van der Waals surface area (Å²) >= 11 is 0. The lowest BCUT2D eigenvalue weighted by atomic mass is 9.87. The molecule has 1 atom stereocenters. The molecule has 20 heavy (non-hydrogen) atoms. The van der Waals surface area contributed by atoms with E-state index in [4.69, 9.17) is 0 Å². The molecule has 1 aliphatic heterocycles. The molecule has 1 aliphatic rings. The SMILES string of the molecule is Cc1cccc(CN2CCC([C@H](O)CC(C)C)CC2)n1. The number of piperidine rings is 1. The fraction of sp³-hybridized carbons (Fsp3) is 0.706. The molecule has 3 heteroatoms. The third kappa shape index (κ3) is 4.57. The molecule has 3 nitrogen and oxygen atoms in total. The molecule has 112 valence electrons. The molecule has 1 N–H and O–H groups in total. The molecule has 0 aliphatic carbocycles. The average Bonchev–Trinajstić information content (AvgIpc) is 2.38. The molecule has 2 heterocycles. The summed E-state index contributed by atoms with van der Waals surface area (Å²) in [5, 5.41) is 10.2. The minimum atomic E-state index is -0.116. The highest BCUT2D eigenvalue weighted by Gasteiger charge is 2.25. The molecular formula is C17H28N2O. The van der Waals surface area contributed by atoms with E-state index in [1.807, 2.05) is 13.0 Å². The second kappa shape index (κ2) is 7.19. The summed E-state index contributed by atoms with van der Waals surface area (Å²) in [6, 6.07) is 6.22. The molecule has 0 amide bonds. The number of rotatable bonds is 5. The Bertz CT molecular complexity index is 411. The molecule has 1 fully saturated rings. The van der Waals surface area contributed by atoms with Gasteiger partial charge in [-0.1, -0.05) is 19.9 Å². The zero-order valence-corrected chi connectivity index (χ0v) is 13.0. The predicted molar refractivity (Wildman–Crippen MR) is 82.4 cm³/mol. The van der Waals surface area contributed by atoms with Crippen LogP contribution in [0.5, 0.6) is 0 Å². The second-order valence-corrected chi connectivity index (χ2v) is 6.58. The quantitative estimate of drug-likeness (QED) is 0.898. The van der Waals surface area contributed by atoms with Crippen molar-refractivity contribution >= 4 is 0 Å². The Morgan fingerprint density at radius 1 is 1.30 bits per heavy atom. The van der Waals surface area contributed by atoms with Gasteiger partial charge in [-0.05, 0) is 63.2 Å². The highest BCUT2D eigenvalue weighted by molar-refractivity contribution is 5.09. The van der Waals surface area contributed by atoms with Gasteiger partial charge in [0.15, 0.2) is 0 Å². The van der Waals surface area contributed by atoms with Crippen LogP contribution in [0, 0.1) is 18.8 Å². The van der Waals surface area contributed by atoms with Crippen molar-refractivity contribution in [2.75, 3.05) is 13.1 Å². The summed E-state index contributed by atoms with van der Waals surface area (Å²) in [6.07, 6.45) is 3.04. The first-order chi connectivity index (χ1) is 9.54. The molecule has 0 radical (unpaired) electrons. The predicted octanol–water partition coefficient (Wildman–Crippen LogP) is 3.01. The van der Waals surface area contributed by atoms with E-state index in [9.17, 15) is 5.11 Å². The summed E-state index contributed by atoms with van der Waals surface area (Å²) < 4.78 is 0. The Hall–Kier alpha value is -0.930. The summed E-state index contributed by atoms with van der Waals surface area (Å²) in [5.41, 5.74) is 2.25. The Kier molecular flexibility index (Phi) is 5.55. The van der Waals surface area contributed by atoms with Crippen molar-refractivity contribution in [2.24, 2.45) is 11.8 Å². The van der Waals surface area contributed by atoms with E-state index in [-0.39, 0.29) is 6.10 Å². The van der Waals surface area contributed by atoms with Crippen molar-refractivity contribution in [3.8, 4) is 0 Å². The third-order valence-corrected chi connectivity index (χ3v) is 4.22. The van der Waals surface area contributed by atoms with Gasteiger partial charge in [-0.2, -0.15) is 0 Å². The molecule has 1 aromatic heterocycles. The van der Waals surface area contributed by atoms with Crippen molar-refractivity contribution < 1.29 is 5.11 Å². The molecule has 0 bridgehead atoms. The van der Waals surface area contributed by atoms with E-state index in [0.717, 1.165) is 50.3 Å². The van der Waals surface area contributed by atoms with E-state index in [0.29, 0.717) is 11.8 Å². The van der Waals surface area contributed by atoms with Crippen molar-refractivity contribution in [2.45, 2.75) is 52.7 Å². The summed E-state index contributed by atoms with van der Waals surface area (Å²) in [6.45, 7) is 9.50. The van der Waals surface area contributed by atoms with Gasteiger partial charge >= 0.3 is 0 Å². The zero-order chi connectivity index (χ0) is 14.5. The van der Waals surface area contributed by atoms with Gasteiger partial charge in [0.1, 0.15) is 0 Å². The van der Waals surface area contributed by atoms with Crippen LogP contribution in [-0.4, -0.2) is 34.2 Å². The maximum Gasteiger partial charge on any atom is 0.0571 e. The number of aliphatic hydroxyl groups is 1. The molecule has 0 saturated carbocycles. The van der Waals surface area contributed by atoms with Gasteiger partial charge in [0.2, 0.25) is 0 Å². The Morgan fingerprint density at radius 3 is 2.60 bits per heavy atom. The largest absolute Gasteiger partial charge is 0.393 e. The number of nitrogens with zero attached hydrogens (tertiary/aromatic N) is 2. The maximum atomic E-state index is 10.2. The van der Waals surface area contributed by atoms with Gasteiger partial charge in [-0.15, -0.1) is 0 Å². The molecule has 0 aromatic carbocycles. The zero-order valence-electron chi connectivity index (χ0n) is 13.0. The number of hydrogen-bond acceptors (Lipinski definition) is 3. The number of hydrogen-bond donors (Lipinski definition) is 1. The van der Waals surface area contributed by atoms with Crippen LogP contribution in [0.15, 0.2) is 18.2 Å². The van der Waals surface area contributed by atoms with Crippen LogP contribution in [0.25, 0.3) is 0 Å². The smallest absolute Gasteiger partial charge is 0.0571 e. The first-order valence-electron chi connectivity index (χ1n) is 7.87. The highest BCUT2D eigenvalue weighted by Crippen LogP contribution is 2.25. The van der Waals surface area contributed by atoms with Crippen molar-refractivity contribution in [1.82, 2.24) is 9.88 Å². The minimum absolute atomic E-state index is 0.116. The molecule has 0 spiro atoms. The van der Waals surface area contributed by atoms with E-state index in [1.165, 1.54) is 0 Å². The van der Waals surface area contributed by atoms with Crippen molar-refractivity contribution in [3.63, 3.8) is 0 Å². The van der Waals surface area contributed by atoms with Gasteiger partial charge in [-0.25, -0.2) is 0 Å². The monoisotopic (exact) mass is 276 g/mol. The average molecular weight is 276 g/mol. The Morgan fingerprint density at radius 2 is 2.00 bits per heavy atom.